The Kier molecular flexibility index (Phi) is 8.71. The molecule has 1 atom stereocenters. The average molecular weight is 397 g/mol. The van der Waals surface area contributed by atoms with E-state index in [1.807, 2.05) is 55.5 Å². The van der Waals surface area contributed by atoms with Gasteiger partial charge in [-0.3, -0.25) is 9.59 Å². The van der Waals surface area contributed by atoms with Crippen molar-refractivity contribution in [1.29, 1.82) is 0 Å². The van der Waals surface area contributed by atoms with Gasteiger partial charge in [0.05, 0.1) is 13.5 Å². The van der Waals surface area contributed by atoms with Crippen LogP contribution in [0.2, 0.25) is 0 Å². The first kappa shape index (κ1) is 22.5. The van der Waals surface area contributed by atoms with Crippen LogP contribution in [0.4, 0.5) is 0 Å². The number of ether oxygens (including phenoxy) is 1. The summed E-state index contributed by atoms with van der Waals surface area (Å²) in [5.74, 6) is 0.579. The zero-order valence-corrected chi connectivity index (χ0v) is 17.9. The zero-order valence-electron chi connectivity index (χ0n) is 17.9. The molecule has 0 saturated carbocycles. The summed E-state index contributed by atoms with van der Waals surface area (Å²) in [5, 5.41) is 2.95. The van der Waals surface area contributed by atoms with Gasteiger partial charge in [0.25, 0.3) is 0 Å². The molecule has 5 nitrogen and oxygen atoms in total. The molecular weight excluding hydrogens is 364 g/mol. The van der Waals surface area contributed by atoms with Crippen LogP contribution in [0.1, 0.15) is 43.4 Å². The lowest BCUT2D eigenvalue weighted by atomic mass is 10.0. The van der Waals surface area contributed by atoms with Crippen molar-refractivity contribution in [1.82, 2.24) is 10.2 Å². The highest BCUT2D eigenvalue weighted by Crippen LogP contribution is 2.17. The van der Waals surface area contributed by atoms with E-state index >= 15 is 0 Å². The van der Waals surface area contributed by atoms with Gasteiger partial charge in [-0.2, -0.15) is 0 Å². The summed E-state index contributed by atoms with van der Waals surface area (Å²) in [6.45, 7) is 6.87. The second-order valence-electron chi connectivity index (χ2n) is 7.29. The van der Waals surface area contributed by atoms with E-state index in [4.69, 9.17) is 4.74 Å². The molecule has 2 aromatic carbocycles. The second kappa shape index (κ2) is 11.2. The Morgan fingerprint density at radius 3 is 2.41 bits per heavy atom. The van der Waals surface area contributed by atoms with E-state index in [2.05, 4.69) is 12.2 Å². The van der Waals surface area contributed by atoms with Gasteiger partial charge in [-0.25, -0.2) is 0 Å². The van der Waals surface area contributed by atoms with E-state index in [9.17, 15) is 9.59 Å². The van der Waals surface area contributed by atoms with Crippen molar-refractivity contribution in [2.75, 3.05) is 13.7 Å². The zero-order chi connectivity index (χ0) is 21.2. The van der Waals surface area contributed by atoms with E-state index < -0.39 is 6.04 Å². The first-order valence-electron chi connectivity index (χ1n) is 10.2. The molecule has 0 heterocycles. The Balaban J connectivity index is 2.19. The van der Waals surface area contributed by atoms with Crippen LogP contribution >= 0.6 is 0 Å². The molecular formula is C24H32N2O3. The Hall–Kier alpha value is -2.82. The van der Waals surface area contributed by atoms with Crippen molar-refractivity contribution in [2.45, 2.75) is 52.6 Å². The second-order valence-corrected chi connectivity index (χ2v) is 7.29. The van der Waals surface area contributed by atoms with E-state index in [0.717, 1.165) is 35.3 Å². The first-order chi connectivity index (χ1) is 14.0. The van der Waals surface area contributed by atoms with Gasteiger partial charge in [0.1, 0.15) is 11.8 Å². The summed E-state index contributed by atoms with van der Waals surface area (Å²) in [5.41, 5.74) is 3.01. The lowest BCUT2D eigenvalue weighted by Gasteiger charge is -2.29. The van der Waals surface area contributed by atoms with Crippen molar-refractivity contribution in [3.63, 3.8) is 0 Å². The van der Waals surface area contributed by atoms with E-state index in [1.54, 1.807) is 18.9 Å². The van der Waals surface area contributed by atoms with Crippen LogP contribution in [-0.4, -0.2) is 36.4 Å². The topological polar surface area (TPSA) is 58.6 Å². The van der Waals surface area contributed by atoms with Gasteiger partial charge in [0.2, 0.25) is 11.8 Å². The van der Waals surface area contributed by atoms with Gasteiger partial charge < -0.3 is 15.0 Å². The molecule has 2 amide bonds. The molecule has 0 aliphatic rings. The number of hydrogen-bond acceptors (Lipinski definition) is 3. The molecule has 1 N–H and O–H groups in total. The van der Waals surface area contributed by atoms with Crippen LogP contribution in [0.15, 0.2) is 48.5 Å². The largest absolute Gasteiger partial charge is 0.497 e. The number of carbonyl (C=O) groups excluding carboxylic acids is 2. The fraction of sp³-hybridized carbons (Fsp3) is 0.417. The smallest absolute Gasteiger partial charge is 0.242 e. The third kappa shape index (κ3) is 6.63. The Bertz CT molecular complexity index is 802. The third-order valence-corrected chi connectivity index (χ3v) is 5.11. The van der Waals surface area contributed by atoms with E-state index in [-0.39, 0.29) is 18.2 Å². The SMILES string of the molecule is CCCCNC(=O)C(C)N(Cc1ccc(OC)cc1)C(=O)Cc1ccccc1C. The van der Waals surface area contributed by atoms with Crippen LogP contribution in [0.5, 0.6) is 5.75 Å². The Morgan fingerprint density at radius 1 is 1.10 bits per heavy atom. The maximum atomic E-state index is 13.2. The number of hydrogen-bond donors (Lipinski definition) is 1. The third-order valence-electron chi connectivity index (χ3n) is 5.11. The molecule has 0 spiro atoms. The summed E-state index contributed by atoms with van der Waals surface area (Å²) in [7, 11) is 1.62. The maximum absolute atomic E-state index is 13.2. The van der Waals surface area contributed by atoms with Gasteiger partial charge in [0.15, 0.2) is 0 Å². The van der Waals surface area contributed by atoms with Crippen LogP contribution in [0, 0.1) is 6.92 Å². The normalized spacial score (nSPS) is 11.6. The number of unbranched alkanes of at least 4 members (excludes halogenated alkanes) is 1. The van der Waals surface area contributed by atoms with Crippen molar-refractivity contribution in [3.05, 3.63) is 65.2 Å². The highest BCUT2D eigenvalue weighted by atomic mass is 16.5. The molecule has 156 valence electrons. The van der Waals surface area contributed by atoms with E-state index in [0.29, 0.717) is 13.1 Å². The number of benzene rings is 2. The number of carbonyl (C=O) groups is 2. The summed E-state index contributed by atoms with van der Waals surface area (Å²) >= 11 is 0. The maximum Gasteiger partial charge on any atom is 0.242 e. The summed E-state index contributed by atoms with van der Waals surface area (Å²) in [4.78, 5) is 27.5. The molecule has 0 fully saturated rings. The van der Waals surface area contributed by atoms with Crippen molar-refractivity contribution >= 4 is 11.8 Å². The highest BCUT2D eigenvalue weighted by molar-refractivity contribution is 5.88. The van der Waals surface area contributed by atoms with Crippen LogP contribution in [0.25, 0.3) is 0 Å². The summed E-state index contributed by atoms with van der Waals surface area (Å²) in [6, 6.07) is 14.9. The number of nitrogens with zero attached hydrogens (tertiary/aromatic N) is 1. The number of nitrogens with one attached hydrogen (secondary N) is 1. The van der Waals surface area contributed by atoms with Crippen molar-refractivity contribution in [2.24, 2.45) is 0 Å². The van der Waals surface area contributed by atoms with Gasteiger partial charge in [-0.15, -0.1) is 0 Å². The van der Waals surface area contributed by atoms with Crippen LogP contribution in [-0.2, 0) is 22.6 Å². The highest BCUT2D eigenvalue weighted by Gasteiger charge is 2.26. The monoisotopic (exact) mass is 396 g/mol. The minimum Gasteiger partial charge on any atom is -0.497 e. The molecule has 5 heteroatoms. The molecule has 0 saturated heterocycles. The number of methoxy groups -OCH3 is 1. The fourth-order valence-corrected chi connectivity index (χ4v) is 3.12. The van der Waals surface area contributed by atoms with Crippen molar-refractivity contribution in [3.8, 4) is 5.75 Å². The Morgan fingerprint density at radius 2 is 1.79 bits per heavy atom. The quantitative estimate of drug-likeness (QED) is 0.620. The number of aryl methyl sites for hydroxylation is 1. The van der Waals surface area contributed by atoms with Crippen molar-refractivity contribution < 1.29 is 14.3 Å². The molecule has 0 bridgehead atoms. The lowest BCUT2D eigenvalue weighted by Crippen LogP contribution is -2.48. The standard InChI is InChI=1S/C24H32N2O3/c1-5-6-15-25-24(28)19(3)26(17-20-11-13-22(29-4)14-12-20)23(27)16-21-10-8-7-9-18(21)2/h7-14,19H,5-6,15-17H2,1-4H3,(H,25,28). The van der Waals surface area contributed by atoms with Gasteiger partial charge >= 0.3 is 0 Å². The molecule has 2 rings (SSSR count). The van der Waals surface area contributed by atoms with Crippen LogP contribution in [0.3, 0.4) is 0 Å². The number of rotatable bonds is 10. The van der Waals surface area contributed by atoms with E-state index in [1.165, 1.54) is 0 Å². The molecule has 0 aliphatic carbocycles. The van der Waals surface area contributed by atoms with Gasteiger partial charge in [-0.05, 0) is 49.1 Å². The fourth-order valence-electron chi connectivity index (χ4n) is 3.12. The van der Waals surface area contributed by atoms with Gasteiger partial charge in [-0.1, -0.05) is 49.7 Å². The molecule has 0 aromatic heterocycles. The first-order valence-corrected chi connectivity index (χ1v) is 10.2. The summed E-state index contributed by atoms with van der Waals surface area (Å²) in [6.07, 6.45) is 2.21. The average Bonchev–Trinajstić information content (AvgIpc) is 2.73. The molecule has 0 aliphatic heterocycles. The predicted molar refractivity (Wildman–Crippen MR) is 116 cm³/mol. The minimum absolute atomic E-state index is 0.0618. The summed E-state index contributed by atoms with van der Waals surface area (Å²) < 4.78 is 5.21. The lowest BCUT2D eigenvalue weighted by molar-refractivity contribution is -0.140. The molecule has 2 aromatic rings. The molecule has 1 unspecified atom stereocenters. The minimum atomic E-state index is -0.550. The predicted octanol–water partition coefficient (Wildman–Crippen LogP) is 3.88. The van der Waals surface area contributed by atoms with Crippen LogP contribution < -0.4 is 10.1 Å². The Labute approximate surface area is 174 Å². The molecule has 29 heavy (non-hydrogen) atoms. The van der Waals surface area contributed by atoms with Gasteiger partial charge in [0, 0.05) is 13.1 Å². The molecule has 0 radical (unpaired) electrons. The number of amides is 2.